The Kier molecular flexibility index (Phi) is 7.08. The first kappa shape index (κ1) is 24.7. The number of ether oxygens (including phenoxy) is 2. The molecule has 1 amide bonds. The molecule has 0 radical (unpaired) electrons. The number of amides is 1. The quantitative estimate of drug-likeness (QED) is 0.565. The van der Waals surface area contributed by atoms with E-state index in [0.717, 1.165) is 29.5 Å². The van der Waals surface area contributed by atoms with Crippen LogP contribution in [0, 0.1) is 5.92 Å². The number of rotatable bonds is 5. The molecule has 2 aromatic heterocycles. The molecule has 1 atom stereocenters. The molecule has 35 heavy (non-hydrogen) atoms. The molecule has 2 saturated heterocycles. The number of nitrogens with zero attached hydrogens (tertiary/aromatic N) is 2. The Balaban J connectivity index is 0.000000364. The Bertz CT molecular complexity index is 1140. The van der Waals surface area contributed by atoms with Gasteiger partial charge in [0.1, 0.15) is 11.3 Å². The first-order valence-electron chi connectivity index (χ1n) is 11.0. The Morgan fingerprint density at radius 1 is 1.20 bits per heavy atom. The number of benzene rings is 1. The van der Waals surface area contributed by atoms with Gasteiger partial charge in [-0.2, -0.15) is 13.2 Å². The number of aromatic amines is 1. The second kappa shape index (κ2) is 10.0. The van der Waals surface area contributed by atoms with E-state index in [4.69, 9.17) is 19.4 Å². The third-order valence-electron chi connectivity index (χ3n) is 6.14. The summed E-state index contributed by atoms with van der Waals surface area (Å²) >= 11 is 0. The van der Waals surface area contributed by atoms with Crippen LogP contribution in [0.15, 0.2) is 54.9 Å². The van der Waals surface area contributed by atoms with Gasteiger partial charge in [0.15, 0.2) is 0 Å². The standard InChI is InChI=1S/C22H23N3O3.C2HF3O2/c26-21(20-11-17-3-1-2-4-19(17)24-20)25-14-22(15-25)18(7-10-28-22)13-27-12-16-5-8-23-9-6-16;3-2(4,5)1(6)7/h1-6,8-9,11,18,24H,7,10,12-15H2;(H,6,7). The van der Waals surface area contributed by atoms with E-state index in [9.17, 15) is 18.0 Å². The molecule has 0 aliphatic carbocycles. The second-order valence-electron chi connectivity index (χ2n) is 8.50. The molecule has 1 unspecified atom stereocenters. The highest BCUT2D eigenvalue weighted by atomic mass is 19.4. The number of pyridine rings is 1. The molecule has 2 aliphatic heterocycles. The Hall–Kier alpha value is -3.44. The molecule has 4 heterocycles. The lowest BCUT2D eigenvalue weighted by Crippen LogP contribution is -2.66. The van der Waals surface area contributed by atoms with Crippen molar-refractivity contribution in [2.24, 2.45) is 5.92 Å². The van der Waals surface area contributed by atoms with Gasteiger partial charge < -0.3 is 24.5 Å². The first-order valence-corrected chi connectivity index (χ1v) is 11.0. The van der Waals surface area contributed by atoms with Crippen molar-refractivity contribution in [3.63, 3.8) is 0 Å². The fourth-order valence-electron chi connectivity index (χ4n) is 4.27. The number of carbonyl (C=O) groups excluding carboxylic acids is 1. The van der Waals surface area contributed by atoms with Gasteiger partial charge in [-0.25, -0.2) is 4.79 Å². The topological polar surface area (TPSA) is 105 Å². The summed E-state index contributed by atoms with van der Waals surface area (Å²) in [5.41, 5.74) is 2.49. The number of carboxylic acids is 1. The largest absolute Gasteiger partial charge is 0.490 e. The van der Waals surface area contributed by atoms with Crippen LogP contribution in [0.2, 0.25) is 0 Å². The summed E-state index contributed by atoms with van der Waals surface area (Å²) in [6, 6.07) is 13.8. The van der Waals surface area contributed by atoms with Crippen LogP contribution in [0.5, 0.6) is 0 Å². The van der Waals surface area contributed by atoms with Crippen molar-refractivity contribution >= 4 is 22.8 Å². The molecule has 186 valence electrons. The van der Waals surface area contributed by atoms with E-state index >= 15 is 0 Å². The molecular weight excluding hydrogens is 467 g/mol. The Labute approximate surface area is 198 Å². The summed E-state index contributed by atoms with van der Waals surface area (Å²) in [6.45, 7) is 3.22. The van der Waals surface area contributed by atoms with E-state index < -0.39 is 12.1 Å². The predicted molar refractivity (Wildman–Crippen MR) is 119 cm³/mol. The Morgan fingerprint density at radius 3 is 2.54 bits per heavy atom. The van der Waals surface area contributed by atoms with Crippen LogP contribution in [0.4, 0.5) is 13.2 Å². The average molecular weight is 491 g/mol. The van der Waals surface area contributed by atoms with E-state index in [-0.39, 0.29) is 11.5 Å². The third kappa shape index (κ3) is 5.63. The van der Waals surface area contributed by atoms with Gasteiger partial charge in [0.2, 0.25) is 0 Å². The summed E-state index contributed by atoms with van der Waals surface area (Å²) in [5.74, 6) is -2.40. The minimum Gasteiger partial charge on any atom is -0.475 e. The highest BCUT2D eigenvalue weighted by Gasteiger charge is 2.54. The number of aliphatic carboxylic acids is 1. The van der Waals surface area contributed by atoms with Crippen LogP contribution in [0.1, 0.15) is 22.5 Å². The average Bonchev–Trinajstić information content (AvgIpc) is 3.43. The Morgan fingerprint density at radius 2 is 1.89 bits per heavy atom. The number of halogens is 3. The summed E-state index contributed by atoms with van der Waals surface area (Å²) in [7, 11) is 0. The molecule has 2 aliphatic rings. The lowest BCUT2D eigenvalue weighted by Gasteiger charge is -2.50. The maximum atomic E-state index is 12.8. The number of carboxylic acid groups (broad SMARTS) is 1. The maximum Gasteiger partial charge on any atom is 0.490 e. The molecule has 5 rings (SSSR count). The number of aromatic nitrogens is 2. The van der Waals surface area contributed by atoms with E-state index in [1.54, 1.807) is 12.4 Å². The van der Waals surface area contributed by atoms with Gasteiger partial charge >= 0.3 is 12.1 Å². The van der Waals surface area contributed by atoms with Crippen LogP contribution in [0.3, 0.4) is 0 Å². The molecule has 2 fully saturated rings. The molecule has 0 bridgehead atoms. The zero-order chi connectivity index (χ0) is 25.1. The van der Waals surface area contributed by atoms with E-state index in [1.165, 1.54) is 0 Å². The van der Waals surface area contributed by atoms with E-state index in [0.29, 0.717) is 37.9 Å². The van der Waals surface area contributed by atoms with Crippen LogP contribution in [0.25, 0.3) is 10.9 Å². The number of nitrogens with one attached hydrogen (secondary N) is 1. The van der Waals surface area contributed by atoms with Crippen LogP contribution in [-0.2, 0) is 20.9 Å². The summed E-state index contributed by atoms with van der Waals surface area (Å²) in [4.78, 5) is 30.9. The number of alkyl halides is 3. The number of fused-ring (bicyclic) bond motifs is 1. The van der Waals surface area contributed by atoms with Gasteiger partial charge in [-0.05, 0) is 36.2 Å². The predicted octanol–water partition coefficient (Wildman–Crippen LogP) is 3.64. The van der Waals surface area contributed by atoms with Gasteiger partial charge in [-0.15, -0.1) is 0 Å². The second-order valence-corrected chi connectivity index (χ2v) is 8.50. The van der Waals surface area contributed by atoms with Crippen molar-refractivity contribution in [2.75, 3.05) is 26.3 Å². The number of para-hydroxylation sites is 1. The fourth-order valence-corrected chi connectivity index (χ4v) is 4.27. The van der Waals surface area contributed by atoms with Crippen molar-refractivity contribution in [3.8, 4) is 0 Å². The van der Waals surface area contributed by atoms with Crippen molar-refractivity contribution < 1.29 is 37.3 Å². The maximum absolute atomic E-state index is 12.8. The molecule has 11 heteroatoms. The van der Waals surface area contributed by atoms with Crippen LogP contribution >= 0.6 is 0 Å². The normalized spacial score (nSPS) is 18.7. The highest BCUT2D eigenvalue weighted by molar-refractivity contribution is 5.98. The van der Waals surface area contributed by atoms with Gasteiger partial charge in [0, 0.05) is 35.8 Å². The molecule has 8 nitrogen and oxygen atoms in total. The monoisotopic (exact) mass is 491 g/mol. The number of hydrogen-bond donors (Lipinski definition) is 2. The number of H-pyrrole nitrogens is 1. The summed E-state index contributed by atoms with van der Waals surface area (Å²) < 4.78 is 43.7. The summed E-state index contributed by atoms with van der Waals surface area (Å²) in [5, 5.41) is 8.18. The van der Waals surface area contributed by atoms with E-state index in [2.05, 4.69) is 9.97 Å². The van der Waals surface area contributed by atoms with Gasteiger partial charge in [0.05, 0.1) is 26.3 Å². The first-order chi connectivity index (χ1) is 16.7. The third-order valence-corrected chi connectivity index (χ3v) is 6.14. The van der Waals surface area contributed by atoms with Crippen molar-refractivity contribution in [2.45, 2.75) is 24.8 Å². The van der Waals surface area contributed by atoms with Crippen LogP contribution < -0.4 is 0 Å². The van der Waals surface area contributed by atoms with Crippen molar-refractivity contribution in [1.82, 2.24) is 14.9 Å². The van der Waals surface area contributed by atoms with Crippen molar-refractivity contribution in [1.29, 1.82) is 0 Å². The van der Waals surface area contributed by atoms with Crippen molar-refractivity contribution in [3.05, 3.63) is 66.1 Å². The SMILES string of the molecule is O=C(O)C(F)(F)F.O=C(c1cc2ccccc2[nH]1)N1CC2(C1)OCCC2COCc1ccncc1. The minimum absolute atomic E-state index is 0.0359. The smallest absolute Gasteiger partial charge is 0.475 e. The summed E-state index contributed by atoms with van der Waals surface area (Å²) in [6.07, 6.45) is -0.554. The minimum atomic E-state index is -5.08. The zero-order valence-electron chi connectivity index (χ0n) is 18.6. The molecular formula is C24H24F3N3O5. The molecule has 1 spiro atoms. The lowest BCUT2D eigenvalue weighted by molar-refractivity contribution is -0.192. The number of carbonyl (C=O) groups is 2. The van der Waals surface area contributed by atoms with Gasteiger partial charge in [0.25, 0.3) is 5.91 Å². The van der Waals surface area contributed by atoms with Gasteiger partial charge in [-0.3, -0.25) is 9.78 Å². The lowest BCUT2D eigenvalue weighted by atomic mass is 9.81. The number of hydrogen-bond acceptors (Lipinski definition) is 5. The van der Waals surface area contributed by atoms with Gasteiger partial charge in [-0.1, -0.05) is 18.2 Å². The molecule has 2 N–H and O–H groups in total. The molecule has 0 saturated carbocycles. The molecule has 1 aromatic carbocycles. The fraction of sp³-hybridized carbons (Fsp3) is 0.375. The number of likely N-dealkylation sites (tertiary alicyclic amines) is 1. The zero-order valence-corrected chi connectivity index (χ0v) is 18.6. The van der Waals surface area contributed by atoms with Crippen LogP contribution in [-0.4, -0.2) is 69.9 Å². The molecule has 3 aromatic rings. The van der Waals surface area contributed by atoms with E-state index in [1.807, 2.05) is 47.4 Å². The highest BCUT2D eigenvalue weighted by Crippen LogP contribution is 2.40.